The monoisotopic (exact) mass is 342 g/mol. The van der Waals surface area contributed by atoms with Crippen LogP contribution in [0.1, 0.15) is 5.56 Å². The van der Waals surface area contributed by atoms with Gasteiger partial charge in [0.2, 0.25) is 0 Å². The maximum atomic E-state index is 13.0. The summed E-state index contributed by atoms with van der Waals surface area (Å²) < 4.78 is 27.4. The zero-order valence-corrected chi connectivity index (χ0v) is 15.0. The Balaban J connectivity index is 2.37. The van der Waals surface area contributed by atoms with Crippen LogP contribution in [0.3, 0.4) is 0 Å². The molecule has 0 aromatic heterocycles. The van der Waals surface area contributed by atoms with E-state index < -0.39 is 10.0 Å². The van der Waals surface area contributed by atoms with E-state index in [0.717, 1.165) is 5.56 Å². The summed E-state index contributed by atoms with van der Waals surface area (Å²) >= 11 is 0. The quantitative estimate of drug-likeness (QED) is 0.785. The van der Waals surface area contributed by atoms with Crippen LogP contribution in [0.5, 0.6) is 0 Å². The van der Waals surface area contributed by atoms with Crippen LogP contribution in [0.25, 0.3) is 0 Å². The minimum absolute atomic E-state index is 0.119. The molecule has 126 valence electrons. The van der Waals surface area contributed by atoms with Crippen molar-refractivity contribution >= 4 is 15.7 Å². The molecule has 5 heteroatoms. The van der Waals surface area contributed by atoms with Crippen LogP contribution >= 0.6 is 0 Å². The molecular weight excluding hydrogens is 320 g/mol. The van der Waals surface area contributed by atoms with E-state index in [9.17, 15) is 8.42 Å². The van der Waals surface area contributed by atoms with Crippen molar-refractivity contribution in [2.45, 2.75) is 11.8 Å². The lowest BCUT2D eigenvalue weighted by Crippen LogP contribution is -2.31. The number of rotatable bonds is 5. The maximum absolute atomic E-state index is 13.0. The lowest BCUT2D eigenvalue weighted by atomic mass is 10.2. The van der Waals surface area contributed by atoms with Gasteiger partial charge in [-0.05, 0) is 45.3 Å². The Hall–Kier alpha value is -2.29. The summed E-state index contributed by atoms with van der Waals surface area (Å²) in [4.78, 5) is 2.21. The molecule has 0 unspecified atom stereocenters. The smallest absolute Gasteiger partial charge is 0.265 e. The Morgan fingerprint density at radius 1 is 0.875 bits per heavy atom. The molecule has 0 spiro atoms. The first-order chi connectivity index (χ1) is 11.4. The van der Waals surface area contributed by atoms with Gasteiger partial charge in [0.25, 0.3) is 10.0 Å². The van der Waals surface area contributed by atoms with Gasteiger partial charge in [-0.1, -0.05) is 47.7 Å². The van der Waals surface area contributed by atoms with Gasteiger partial charge in [0.1, 0.15) is 0 Å². The number of anilines is 1. The molecule has 0 saturated carbocycles. The van der Waals surface area contributed by atoms with Crippen LogP contribution in [0, 0.1) is 18.8 Å². The van der Waals surface area contributed by atoms with Crippen molar-refractivity contribution in [3.8, 4) is 11.8 Å². The van der Waals surface area contributed by atoms with Crippen LogP contribution in [-0.4, -0.2) is 40.5 Å². The van der Waals surface area contributed by atoms with Crippen LogP contribution in [0.4, 0.5) is 5.69 Å². The summed E-state index contributed by atoms with van der Waals surface area (Å²) in [5.41, 5.74) is 1.63. The molecule has 0 aliphatic carbocycles. The van der Waals surface area contributed by atoms with Gasteiger partial charge in [0.05, 0.1) is 23.7 Å². The van der Waals surface area contributed by atoms with Gasteiger partial charge >= 0.3 is 0 Å². The van der Waals surface area contributed by atoms with E-state index in [0.29, 0.717) is 12.2 Å². The van der Waals surface area contributed by atoms with Gasteiger partial charge in [0, 0.05) is 0 Å². The number of aryl methyl sites for hydroxylation is 1. The number of sulfonamides is 1. The molecule has 24 heavy (non-hydrogen) atoms. The molecule has 0 heterocycles. The van der Waals surface area contributed by atoms with E-state index in [1.54, 1.807) is 36.4 Å². The zero-order valence-electron chi connectivity index (χ0n) is 14.2. The largest absolute Gasteiger partial charge is 0.299 e. The van der Waals surface area contributed by atoms with Crippen molar-refractivity contribution < 1.29 is 8.42 Å². The summed E-state index contributed by atoms with van der Waals surface area (Å²) in [7, 11) is 0.192. The number of hydrogen-bond donors (Lipinski definition) is 0. The number of nitrogens with zero attached hydrogens (tertiary/aromatic N) is 2. The van der Waals surface area contributed by atoms with Crippen LogP contribution in [0.2, 0.25) is 0 Å². The topological polar surface area (TPSA) is 40.6 Å². The minimum Gasteiger partial charge on any atom is -0.299 e. The standard InChI is InChI=1S/C19H22N2O2S/c1-17-11-13-19(14-12-17)24(22,23)21(16-8-7-15-20(2)3)18-9-5-4-6-10-18/h4-6,9-14H,15-16H2,1-3H3. The number of benzene rings is 2. The number of para-hydroxylation sites is 1. The first-order valence-corrected chi connectivity index (χ1v) is 9.10. The van der Waals surface area contributed by atoms with Crippen LogP contribution < -0.4 is 4.31 Å². The van der Waals surface area contributed by atoms with Crippen LogP contribution in [-0.2, 0) is 10.0 Å². The molecule has 0 N–H and O–H groups in total. The third kappa shape index (κ3) is 4.60. The van der Waals surface area contributed by atoms with Crippen molar-refractivity contribution in [2.75, 3.05) is 31.5 Å². The van der Waals surface area contributed by atoms with E-state index in [-0.39, 0.29) is 11.4 Å². The van der Waals surface area contributed by atoms with Crippen molar-refractivity contribution in [3.63, 3.8) is 0 Å². The molecule has 0 amide bonds. The Labute approximate surface area is 144 Å². The van der Waals surface area contributed by atoms with Gasteiger partial charge in [-0.3, -0.25) is 9.21 Å². The molecule has 2 rings (SSSR count). The molecule has 0 radical (unpaired) electrons. The molecule has 0 atom stereocenters. The summed E-state index contributed by atoms with van der Waals surface area (Å²) in [5.74, 6) is 5.95. The van der Waals surface area contributed by atoms with Crippen molar-refractivity contribution in [1.29, 1.82) is 0 Å². The molecule has 0 saturated heterocycles. The molecule has 0 fully saturated rings. The maximum Gasteiger partial charge on any atom is 0.265 e. The normalized spacial score (nSPS) is 11.0. The van der Waals surface area contributed by atoms with E-state index in [1.807, 2.05) is 44.1 Å². The highest BCUT2D eigenvalue weighted by molar-refractivity contribution is 7.92. The fraction of sp³-hybridized carbons (Fsp3) is 0.263. The van der Waals surface area contributed by atoms with Crippen molar-refractivity contribution in [1.82, 2.24) is 4.90 Å². The van der Waals surface area contributed by atoms with Gasteiger partial charge in [0.15, 0.2) is 0 Å². The minimum atomic E-state index is -3.65. The lowest BCUT2D eigenvalue weighted by Gasteiger charge is -2.22. The predicted octanol–water partition coefficient (Wildman–Crippen LogP) is 2.76. The van der Waals surface area contributed by atoms with Gasteiger partial charge in [-0.15, -0.1) is 0 Å². The second kappa shape index (κ2) is 8.00. The number of hydrogen-bond acceptors (Lipinski definition) is 3. The van der Waals surface area contributed by atoms with E-state index in [1.165, 1.54) is 4.31 Å². The molecule has 2 aromatic carbocycles. The molecule has 2 aromatic rings. The highest BCUT2D eigenvalue weighted by atomic mass is 32.2. The average molecular weight is 342 g/mol. The van der Waals surface area contributed by atoms with Gasteiger partial charge in [-0.2, -0.15) is 0 Å². The first-order valence-electron chi connectivity index (χ1n) is 7.66. The fourth-order valence-electron chi connectivity index (χ4n) is 2.09. The second-order valence-corrected chi connectivity index (χ2v) is 7.61. The van der Waals surface area contributed by atoms with Gasteiger partial charge in [-0.25, -0.2) is 8.42 Å². The molecular formula is C19H22N2O2S. The van der Waals surface area contributed by atoms with Crippen molar-refractivity contribution in [2.24, 2.45) is 0 Å². The molecule has 0 bridgehead atoms. The van der Waals surface area contributed by atoms with E-state index in [2.05, 4.69) is 11.8 Å². The Morgan fingerprint density at radius 3 is 2.04 bits per heavy atom. The van der Waals surface area contributed by atoms with E-state index in [4.69, 9.17) is 0 Å². The third-order valence-electron chi connectivity index (χ3n) is 3.40. The summed E-state index contributed by atoms with van der Waals surface area (Å²) in [6.07, 6.45) is 0. The Kier molecular flexibility index (Phi) is 6.02. The summed E-state index contributed by atoms with van der Waals surface area (Å²) in [6.45, 7) is 2.64. The average Bonchev–Trinajstić information content (AvgIpc) is 2.55. The Bertz CT molecular complexity index is 817. The summed E-state index contributed by atoms with van der Waals surface area (Å²) in [5, 5.41) is 0. The van der Waals surface area contributed by atoms with E-state index >= 15 is 0 Å². The highest BCUT2D eigenvalue weighted by Crippen LogP contribution is 2.23. The zero-order chi connectivity index (χ0) is 17.6. The van der Waals surface area contributed by atoms with Gasteiger partial charge < -0.3 is 0 Å². The molecule has 0 aliphatic rings. The summed E-state index contributed by atoms with van der Waals surface area (Å²) in [6, 6.07) is 15.9. The fourth-order valence-corrected chi connectivity index (χ4v) is 3.46. The SMILES string of the molecule is Cc1ccc(S(=O)(=O)N(CC#CCN(C)C)c2ccccc2)cc1. The highest BCUT2D eigenvalue weighted by Gasteiger charge is 2.23. The third-order valence-corrected chi connectivity index (χ3v) is 5.18. The Morgan fingerprint density at radius 2 is 1.46 bits per heavy atom. The molecule has 0 aliphatic heterocycles. The van der Waals surface area contributed by atoms with Crippen molar-refractivity contribution in [3.05, 3.63) is 60.2 Å². The lowest BCUT2D eigenvalue weighted by molar-refractivity contribution is 0.464. The predicted molar refractivity (Wildman–Crippen MR) is 98.5 cm³/mol. The second-order valence-electron chi connectivity index (χ2n) is 5.75. The van der Waals surface area contributed by atoms with Crippen LogP contribution in [0.15, 0.2) is 59.5 Å². The molecule has 4 nitrogen and oxygen atoms in total. The first kappa shape index (κ1) is 18.1.